The zero-order valence-electron chi connectivity index (χ0n) is 17.7. The Hall–Kier alpha value is -3.55. The largest absolute Gasteiger partial charge is 0.497 e. The van der Waals surface area contributed by atoms with Crippen LogP contribution in [0, 0.1) is 13.8 Å². The van der Waals surface area contributed by atoms with E-state index in [4.69, 9.17) is 14.2 Å². The predicted molar refractivity (Wildman–Crippen MR) is 115 cm³/mol. The van der Waals surface area contributed by atoms with Crippen molar-refractivity contribution in [2.45, 2.75) is 20.8 Å². The molecule has 1 amide bonds. The summed E-state index contributed by atoms with van der Waals surface area (Å²) in [6, 6.07) is 7.17. The maximum absolute atomic E-state index is 12.7. The van der Waals surface area contributed by atoms with Crippen LogP contribution < -0.4 is 25.1 Å². The Bertz CT molecular complexity index is 1130. The summed E-state index contributed by atoms with van der Waals surface area (Å²) in [6.07, 6.45) is 0. The molecule has 0 saturated carbocycles. The average Bonchev–Trinajstić information content (AvgIpc) is 2.71. The zero-order chi connectivity index (χ0) is 21.8. The number of carbonyl (C=O) groups excluding carboxylic acids is 1. The lowest BCUT2D eigenvalue weighted by Crippen LogP contribution is -2.25. The van der Waals surface area contributed by atoms with Crippen molar-refractivity contribution in [1.29, 1.82) is 0 Å². The van der Waals surface area contributed by atoms with Crippen molar-refractivity contribution >= 4 is 16.8 Å². The number of aryl methyl sites for hydroxylation is 2. The van der Waals surface area contributed by atoms with E-state index >= 15 is 0 Å². The molecular formula is C22H25N3O5. The van der Waals surface area contributed by atoms with Crippen molar-refractivity contribution in [1.82, 2.24) is 15.3 Å². The van der Waals surface area contributed by atoms with Crippen LogP contribution in [-0.4, -0.2) is 43.2 Å². The van der Waals surface area contributed by atoms with Crippen LogP contribution in [-0.2, 0) is 4.79 Å². The van der Waals surface area contributed by atoms with Crippen molar-refractivity contribution in [3.8, 4) is 28.6 Å². The number of H-pyrrole nitrogens is 1. The van der Waals surface area contributed by atoms with Gasteiger partial charge in [0.1, 0.15) is 35.1 Å². The van der Waals surface area contributed by atoms with E-state index in [0.29, 0.717) is 41.4 Å². The number of hydrogen-bond acceptors (Lipinski definition) is 6. The first-order valence-corrected chi connectivity index (χ1v) is 9.49. The standard InChI is InChI=1S/C22H25N3O5/c1-12-8-15(9-13(2)20(12)30-7-6-23-14(3)26)21-24-17-10-16(28-4)11-18(29-5)19(17)22(27)25-21/h8-11H,6-7H2,1-5H3,(H,23,26)(H,24,25,27). The van der Waals surface area contributed by atoms with Gasteiger partial charge in [-0.3, -0.25) is 9.59 Å². The molecule has 2 N–H and O–H groups in total. The number of ether oxygens (including phenoxy) is 3. The number of aromatic nitrogens is 2. The van der Waals surface area contributed by atoms with Crippen LogP contribution in [0.5, 0.6) is 17.2 Å². The van der Waals surface area contributed by atoms with E-state index in [1.807, 2.05) is 26.0 Å². The topological polar surface area (TPSA) is 103 Å². The van der Waals surface area contributed by atoms with Crippen LogP contribution in [0.4, 0.5) is 0 Å². The minimum atomic E-state index is -0.291. The highest BCUT2D eigenvalue weighted by molar-refractivity contribution is 5.87. The normalized spacial score (nSPS) is 10.7. The third kappa shape index (κ3) is 4.37. The molecule has 0 spiro atoms. The molecule has 158 valence electrons. The molecule has 8 nitrogen and oxygen atoms in total. The van der Waals surface area contributed by atoms with Crippen molar-refractivity contribution in [2.75, 3.05) is 27.4 Å². The maximum Gasteiger partial charge on any atom is 0.262 e. The number of rotatable bonds is 7. The third-order valence-corrected chi connectivity index (χ3v) is 4.66. The Morgan fingerprint density at radius 1 is 1.10 bits per heavy atom. The van der Waals surface area contributed by atoms with E-state index in [9.17, 15) is 9.59 Å². The molecule has 2 aromatic carbocycles. The number of carbonyl (C=O) groups is 1. The summed E-state index contributed by atoms with van der Waals surface area (Å²) in [5, 5.41) is 3.07. The fourth-order valence-corrected chi connectivity index (χ4v) is 3.32. The highest BCUT2D eigenvalue weighted by atomic mass is 16.5. The number of nitrogens with one attached hydrogen (secondary N) is 2. The monoisotopic (exact) mass is 411 g/mol. The molecule has 0 unspecified atom stereocenters. The van der Waals surface area contributed by atoms with Gasteiger partial charge in [-0.25, -0.2) is 4.98 Å². The van der Waals surface area contributed by atoms with Crippen molar-refractivity contribution in [3.05, 3.63) is 45.7 Å². The lowest BCUT2D eigenvalue weighted by Gasteiger charge is -2.14. The number of nitrogens with zero attached hydrogens (tertiary/aromatic N) is 1. The van der Waals surface area contributed by atoms with E-state index < -0.39 is 0 Å². The first-order valence-electron chi connectivity index (χ1n) is 9.49. The van der Waals surface area contributed by atoms with Crippen LogP contribution in [0.25, 0.3) is 22.3 Å². The highest BCUT2D eigenvalue weighted by Crippen LogP contribution is 2.31. The molecule has 8 heteroatoms. The van der Waals surface area contributed by atoms with Gasteiger partial charge in [-0.05, 0) is 37.1 Å². The van der Waals surface area contributed by atoms with Gasteiger partial charge >= 0.3 is 0 Å². The van der Waals surface area contributed by atoms with Gasteiger partial charge in [0.25, 0.3) is 5.56 Å². The van der Waals surface area contributed by atoms with E-state index in [-0.39, 0.29) is 11.5 Å². The lowest BCUT2D eigenvalue weighted by atomic mass is 10.0. The van der Waals surface area contributed by atoms with Gasteiger partial charge in [-0.15, -0.1) is 0 Å². The zero-order valence-corrected chi connectivity index (χ0v) is 17.7. The van der Waals surface area contributed by atoms with Crippen LogP contribution in [0.15, 0.2) is 29.1 Å². The number of methoxy groups -OCH3 is 2. The van der Waals surface area contributed by atoms with Crippen LogP contribution in [0.3, 0.4) is 0 Å². The minimum absolute atomic E-state index is 0.0954. The number of aromatic amines is 1. The van der Waals surface area contributed by atoms with E-state index in [1.54, 1.807) is 19.2 Å². The lowest BCUT2D eigenvalue weighted by molar-refractivity contribution is -0.119. The Morgan fingerprint density at radius 3 is 2.40 bits per heavy atom. The SMILES string of the molecule is COc1cc(OC)c2c(=O)[nH]c(-c3cc(C)c(OCCNC(C)=O)c(C)c3)nc2c1. The fourth-order valence-electron chi connectivity index (χ4n) is 3.32. The van der Waals surface area contributed by atoms with Crippen LogP contribution >= 0.6 is 0 Å². The summed E-state index contributed by atoms with van der Waals surface area (Å²) in [6.45, 7) is 6.11. The molecule has 0 aliphatic heterocycles. The maximum atomic E-state index is 12.7. The van der Waals surface area contributed by atoms with E-state index in [1.165, 1.54) is 14.0 Å². The molecule has 30 heavy (non-hydrogen) atoms. The molecule has 0 atom stereocenters. The molecule has 1 heterocycles. The van der Waals surface area contributed by atoms with Crippen molar-refractivity contribution in [3.63, 3.8) is 0 Å². The van der Waals surface area contributed by atoms with E-state index in [0.717, 1.165) is 22.4 Å². The molecule has 0 aliphatic rings. The summed E-state index contributed by atoms with van der Waals surface area (Å²) in [7, 11) is 3.05. The number of hydrogen-bond donors (Lipinski definition) is 2. The Morgan fingerprint density at radius 2 is 1.80 bits per heavy atom. The van der Waals surface area contributed by atoms with Crippen LogP contribution in [0.2, 0.25) is 0 Å². The summed E-state index contributed by atoms with van der Waals surface area (Å²) < 4.78 is 16.4. The molecule has 3 rings (SSSR count). The van der Waals surface area contributed by atoms with Gasteiger partial charge in [0.05, 0.1) is 26.3 Å². The Labute approximate surface area is 174 Å². The number of benzene rings is 2. The highest BCUT2D eigenvalue weighted by Gasteiger charge is 2.15. The summed E-state index contributed by atoms with van der Waals surface area (Å²) in [4.78, 5) is 31.2. The summed E-state index contributed by atoms with van der Waals surface area (Å²) in [5.74, 6) is 2.05. The van der Waals surface area contributed by atoms with Gasteiger partial charge in [-0.2, -0.15) is 0 Å². The molecule has 0 saturated heterocycles. The molecule has 3 aromatic rings. The molecule has 0 bridgehead atoms. The molecular weight excluding hydrogens is 386 g/mol. The molecule has 0 fully saturated rings. The van der Waals surface area contributed by atoms with Gasteiger partial charge in [0.2, 0.25) is 5.91 Å². The van der Waals surface area contributed by atoms with Crippen molar-refractivity contribution in [2.24, 2.45) is 0 Å². The fraction of sp³-hybridized carbons (Fsp3) is 0.318. The second kappa shape index (κ2) is 8.86. The Balaban J connectivity index is 1.99. The number of fused-ring (bicyclic) bond motifs is 1. The second-order valence-corrected chi connectivity index (χ2v) is 6.91. The first kappa shape index (κ1) is 21.2. The summed E-state index contributed by atoms with van der Waals surface area (Å²) >= 11 is 0. The molecule has 0 aliphatic carbocycles. The van der Waals surface area contributed by atoms with Gasteiger partial charge in [-0.1, -0.05) is 0 Å². The molecule has 1 aromatic heterocycles. The predicted octanol–water partition coefficient (Wildman–Crippen LogP) is 2.74. The van der Waals surface area contributed by atoms with Crippen LogP contribution in [0.1, 0.15) is 18.1 Å². The minimum Gasteiger partial charge on any atom is -0.497 e. The Kier molecular flexibility index (Phi) is 6.25. The quantitative estimate of drug-likeness (QED) is 0.580. The average molecular weight is 411 g/mol. The summed E-state index contributed by atoms with van der Waals surface area (Å²) in [5.41, 5.74) is 2.76. The second-order valence-electron chi connectivity index (χ2n) is 6.91. The molecule has 0 radical (unpaired) electrons. The smallest absolute Gasteiger partial charge is 0.262 e. The van der Waals surface area contributed by atoms with Gasteiger partial charge in [0, 0.05) is 24.6 Å². The third-order valence-electron chi connectivity index (χ3n) is 4.66. The van der Waals surface area contributed by atoms with Gasteiger partial charge < -0.3 is 24.5 Å². The number of amides is 1. The van der Waals surface area contributed by atoms with E-state index in [2.05, 4.69) is 15.3 Å². The van der Waals surface area contributed by atoms with Crippen molar-refractivity contribution < 1.29 is 19.0 Å². The van der Waals surface area contributed by atoms with Gasteiger partial charge in [0.15, 0.2) is 0 Å². The first-order chi connectivity index (χ1) is 14.3.